The van der Waals surface area contributed by atoms with E-state index in [0.717, 1.165) is 33.8 Å². The molecule has 10 heteroatoms. The Morgan fingerprint density at radius 2 is 1.97 bits per heavy atom. The number of anilines is 2. The first-order valence-electron chi connectivity index (χ1n) is 9.34. The number of para-hydroxylation sites is 1. The Morgan fingerprint density at radius 1 is 1.10 bits per heavy atom. The number of thiazole rings is 2. The smallest absolute Gasteiger partial charge is 0.260 e. The molecule has 30 heavy (non-hydrogen) atoms. The molecule has 0 fully saturated rings. The monoisotopic (exact) mass is 439 g/mol. The van der Waals surface area contributed by atoms with Gasteiger partial charge in [0.1, 0.15) is 6.26 Å². The molecule has 5 rings (SSSR count). The second-order valence-electron chi connectivity index (χ2n) is 6.85. The molecule has 2 N–H and O–H groups in total. The Labute approximate surface area is 179 Å². The van der Waals surface area contributed by atoms with Crippen LogP contribution in [0.4, 0.5) is 10.3 Å². The lowest BCUT2D eigenvalue weighted by Crippen LogP contribution is -2.36. The van der Waals surface area contributed by atoms with Crippen LogP contribution in [0.25, 0.3) is 10.2 Å². The minimum absolute atomic E-state index is 0.0875. The third-order valence-corrected chi connectivity index (χ3v) is 6.67. The molecule has 2 amide bonds. The minimum atomic E-state index is -0.248. The highest BCUT2D eigenvalue weighted by Gasteiger charge is 2.23. The number of hydrogen-bond acceptors (Lipinski definition) is 8. The molecule has 8 nitrogen and oxygen atoms in total. The van der Waals surface area contributed by atoms with E-state index in [4.69, 9.17) is 4.42 Å². The fourth-order valence-corrected chi connectivity index (χ4v) is 5.21. The highest BCUT2D eigenvalue weighted by atomic mass is 32.1. The van der Waals surface area contributed by atoms with Crippen molar-refractivity contribution in [1.29, 1.82) is 0 Å². The summed E-state index contributed by atoms with van der Waals surface area (Å²) >= 11 is 2.91. The number of rotatable bonds is 5. The van der Waals surface area contributed by atoms with Crippen LogP contribution in [0.15, 0.2) is 47.3 Å². The van der Waals surface area contributed by atoms with Crippen LogP contribution in [0.3, 0.4) is 0 Å². The Bertz CT molecular complexity index is 1180. The zero-order valence-electron chi connectivity index (χ0n) is 15.8. The highest BCUT2D eigenvalue weighted by Crippen LogP contribution is 2.29. The van der Waals surface area contributed by atoms with E-state index in [1.54, 1.807) is 6.07 Å². The van der Waals surface area contributed by atoms with E-state index in [0.29, 0.717) is 22.4 Å². The fourth-order valence-electron chi connectivity index (χ4n) is 3.29. The lowest BCUT2D eigenvalue weighted by Gasteiger charge is -2.24. The predicted molar refractivity (Wildman–Crippen MR) is 116 cm³/mol. The minimum Gasteiger partial charge on any atom is -0.472 e. The van der Waals surface area contributed by atoms with Crippen molar-refractivity contribution in [3.63, 3.8) is 0 Å². The largest absolute Gasteiger partial charge is 0.472 e. The molecule has 3 aromatic heterocycles. The third-order valence-electron chi connectivity index (χ3n) is 4.72. The Hall–Kier alpha value is -3.08. The van der Waals surface area contributed by atoms with Gasteiger partial charge in [0.05, 0.1) is 34.3 Å². The standard InChI is InChI=1S/C20H17N5O3S2/c26-17(23-19-21-13-3-1-2-4-15(13)29-19)10-25-7-5-14-16(9-25)30-20(22-14)24-18(27)12-6-8-28-11-12/h1-4,6,8,11H,5,7,9-10H2,(H,21,23,26)(H,22,24,27). The lowest BCUT2D eigenvalue weighted by molar-refractivity contribution is -0.117. The number of aromatic nitrogens is 2. The summed E-state index contributed by atoms with van der Waals surface area (Å²) in [6.07, 6.45) is 3.59. The topological polar surface area (TPSA) is 100 Å². The van der Waals surface area contributed by atoms with Gasteiger partial charge in [-0.15, -0.1) is 11.3 Å². The van der Waals surface area contributed by atoms with Crippen LogP contribution in [0.1, 0.15) is 20.9 Å². The summed E-state index contributed by atoms with van der Waals surface area (Å²) in [6, 6.07) is 9.41. The average Bonchev–Trinajstić information content (AvgIpc) is 3.46. The average molecular weight is 440 g/mol. The van der Waals surface area contributed by atoms with E-state index in [2.05, 4.69) is 25.5 Å². The summed E-state index contributed by atoms with van der Waals surface area (Å²) in [5.41, 5.74) is 2.32. The Morgan fingerprint density at radius 3 is 2.80 bits per heavy atom. The summed E-state index contributed by atoms with van der Waals surface area (Å²) < 4.78 is 5.99. The molecule has 152 valence electrons. The first-order valence-corrected chi connectivity index (χ1v) is 11.0. The molecule has 0 saturated carbocycles. The van der Waals surface area contributed by atoms with E-state index < -0.39 is 0 Å². The number of carbonyl (C=O) groups is 2. The lowest BCUT2D eigenvalue weighted by atomic mass is 10.2. The van der Waals surface area contributed by atoms with Crippen molar-refractivity contribution < 1.29 is 14.0 Å². The molecule has 4 aromatic rings. The van der Waals surface area contributed by atoms with Crippen molar-refractivity contribution in [2.24, 2.45) is 0 Å². The van der Waals surface area contributed by atoms with Gasteiger partial charge in [0.15, 0.2) is 10.3 Å². The van der Waals surface area contributed by atoms with Crippen LogP contribution < -0.4 is 10.6 Å². The third kappa shape index (κ3) is 3.97. The molecule has 1 aliphatic heterocycles. The first-order chi connectivity index (χ1) is 14.6. The van der Waals surface area contributed by atoms with Crippen molar-refractivity contribution in [3.8, 4) is 0 Å². The van der Waals surface area contributed by atoms with Crippen LogP contribution in [-0.2, 0) is 17.8 Å². The molecule has 0 spiro atoms. The van der Waals surface area contributed by atoms with Crippen molar-refractivity contribution in [2.75, 3.05) is 23.7 Å². The van der Waals surface area contributed by atoms with Gasteiger partial charge in [0.25, 0.3) is 5.91 Å². The summed E-state index contributed by atoms with van der Waals surface area (Å²) in [6.45, 7) is 1.64. The van der Waals surface area contributed by atoms with Gasteiger partial charge in [-0.2, -0.15) is 0 Å². The van der Waals surface area contributed by atoms with Crippen molar-refractivity contribution in [1.82, 2.24) is 14.9 Å². The summed E-state index contributed by atoms with van der Waals surface area (Å²) in [5, 5.41) is 6.88. The van der Waals surface area contributed by atoms with E-state index in [1.165, 1.54) is 35.2 Å². The molecule has 4 heterocycles. The molecule has 0 radical (unpaired) electrons. The summed E-state index contributed by atoms with van der Waals surface area (Å²) in [4.78, 5) is 36.8. The molecular formula is C20H17N5O3S2. The molecular weight excluding hydrogens is 422 g/mol. The number of amides is 2. The van der Waals surface area contributed by atoms with E-state index in [1.807, 2.05) is 24.3 Å². The van der Waals surface area contributed by atoms with E-state index in [9.17, 15) is 9.59 Å². The van der Waals surface area contributed by atoms with Gasteiger partial charge in [0.2, 0.25) is 5.91 Å². The van der Waals surface area contributed by atoms with Crippen LogP contribution in [0, 0.1) is 0 Å². The van der Waals surface area contributed by atoms with Crippen LogP contribution in [-0.4, -0.2) is 39.8 Å². The second-order valence-corrected chi connectivity index (χ2v) is 8.96. The van der Waals surface area contributed by atoms with Crippen LogP contribution in [0.5, 0.6) is 0 Å². The molecule has 0 saturated heterocycles. The van der Waals surface area contributed by atoms with Crippen molar-refractivity contribution in [2.45, 2.75) is 13.0 Å². The normalized spacial score (nSPS) is 13.9. The van der Waals surface area contributed by atoms with Gasteiger partial charge in [-0.05, 0) is 18.2 Å². The van der Waals surface area contributed by atoms with Crippen LogP contribution in [0.2, 0.25) is 0 Å². The van der Waals surface area contributed by atoms with Gasteiger partial charge in [0, 0.05) is 24.4 Å². The predicted octanol–water partition coefficient (Wildman–Crippen LogP) is 3.59. The fraction of sp³-hybridized carbons (Fsp3) is 0.200. The molecule has 0 aliphatic carbocycles. The van der Waals surface area contributed by atoms with Gasteiger partial charge in [-0.25, -0.2) is 9.97 Å². The molecule has 0 unspecified atom stereocenters. The van der Waals surface area contributed by atoms with Gasteiger partial charge < -0.3 is 9.73 Å². The number of carbonyl (C=O) groups excluding carboxylic acids is 2. The molecule has 1 aliphatic rings. The van der Waals surface area contributed by atoms with Gasteiger partial charge >= 0.3 is 0 Å². The highest BCUT2D eigenvalue weighted by molar-refractivity contribution is 7.22. The van der Waals surface area contributed by atoms with E-state index >= 15 is 0 Å². The summed E-state index contributed by atoms with van der Waals surface area (Å²) in [7, 11) is 0. The zero-order chi connectivity index (χ0) is 20.5. The molecule has 1 aromatic carbocycles. The maximum Gasteiger partial charge on any atom is 0.260 e. The van der Waals surface area contributed by atoms with Crippen LogP contribution >= 0.6 is 22.7 Å². The first kappa shape index (κ1) is 18.9. The van der Waals surface area contributed by atoms with Gasteiger partial charge in [-0.3, -0.25) is 19.8 Å². The van der Waals surface area contributed by atoms with Crippen molar-refractivity contribution >= 4 is 55.0 Å². The zero-order valence-corrected chi connectivity index (χ0v) is 17.4. The number of hydrogen-bond donors (Lipinski definition) is 2. The number of fused-ring (bicyclic) bond motifs is 2. The maximum absolute atomic E-state index is 12.5. The second kappa shape index (κ2) is 7.98. The Balaban J connectivity index is 1.19. The van der Waals surface area contributed by atoms with E-state index in [-0.39, 0.29) is 18.4 Å². The number of benzene rings is 1. The molecule has 0 atom stereocenters. The molecule has 0 bridgehead atoms. The summed E-state index contributed by atoms with van der Waals surface area (Å²) in [5.74, 6) is -0.336. The number of nitrogens with zero attached hydrogens (tertiary/aromatic N) is 3. The number of nitrogens with one attached hydrogen (secondary N) is 2. The van der Waals surface area contributed by atoms with Crippen molar-refractivity contribution in [3.05, 3.63) is 59.0 Å². The number of furan rings is 1. The quantitative estimate of drug-likeness (QED) is 0.493. The SMILES string of the molecule is O=C(CN1CCc2nc(NC(=O)c3ccoc3)sc2C1)Nc1nc2ccccc2s1. The maximum atomic E-state index is 12.5. The van der Waals surface area contributed by atoms with Gasteiger partial charge in [-0.1, -0.05) is 23.5 Å². The Kier molecular flexibility index (Phi) is 5.03.